The first-order valence-corrected chi connectivity index (χ1v) is 9.86. The quantitative estimate of drug-likeness (QED) is 0.849. The smallest absolute Gasteiger partial charge is 0.261 e. The summed E-state index contributed by atoms with van der Waals surface area (Å²) in [6, 6.07) is 11.3. The molecule has 138 valence electrons. The van der Waals surface area contributed by atoms with Gasteiger partial charge in [-0.3, -0.25) is 9.59 Å². The summed E-state index contributed by atoms with van der Waals surface area (Å²) in [6.45, 7) is 4.41. The lowest BCUT2D eigenvalue weighted by molar-refractivity contribution is -0.132. The van der Waals surface area contributed by atoms with Gasteiger partial charge in [0.25, 0.3) is 5.91 Å². The van der Waals surface area contributed by atoms with Crippen molar-refractivity contribution in [3.8, 4) is 0 Å². The minimum atomic E-state index is -0.562. The molecule has 1 aliphatic rings. The molecule has 1 N–H and O–H groups in total. The summed E-state index contributed by atoms with van der Waals surface area (Å²) in [5, 5.41) is 4.64. The maximum atomic E-state index is 12.7. The van der Waals surface area contributed by atoms with E-state index in [0.29, 0.717) is 11.4 Å². The molecule has 1 saturated heterocycles. The van der Waals surface area contributed by atoms with Crippen LogP contribution in [0.2, 0.25) is 0 Å². The van der Waals surface area contributed by atoms with Crippen LogP contribution in [0.5, 0.6) is 0 Å². The van der Waals surface area contributed by atoms with Crippen LogP contribution in [-0.2, 0) is 11.3 Å². The van der Waals surface area contributed by atoms with Gasteiger partial charge in [-0.1, -0.05) is 24.3 Å². The molecular weight excluding hydrogens is 346 g/mol. The second kappa shape index (κ2) is 8.36. The van der Waals surface area contributed by atoms with Gasteiger partial charge in [-0.2, -0.15) is 0 Å². The summed E-state index contributed by atoms with van der Waals surface area (Å²) in [7, 11) is 1.79. The Labute approximate surface area is 158 Å². The average Bonchev–Trinajstić information content (AvgIpc) is 3.35. The summed E-state index contributed by atoms with van der Waals surface area (Å²) < 4.78 is 0. The Morgan fingerprint density at radius 3 is 2.62 bits per heavy atom. The second-order valence-corrected chi connectivity index (χ2v) is 7.64. The van der Waals surface area contributed by atoms with Crippen molar-refractivity contribution >= 4 is 28.8 Å². The largest absolute Gasteiger partial charge is 0.371 e. The number of rotatable bonds is 6. The van der Waals surface area contributed by atoms with Crippen LogP contribution in [0.15, 0.2) is 41.8 Å². The fourth-order valence-corrected chi connectivity index (χ4v) is 3.94. The van der Waals surface area contributed by atoms with Gasteiger partial charge in [-0.05, 0) is 42.8 Å². The van der Waals surface area contributed by atoms with Crippen molar-refractivity contribution in [1.29, 1.82) is 0 Å². The molecule has 2 aromatic rings. The molecule has 2 amide bonds. The third kappa shape index (κ3) is 4.25. The van der Waals surface area contributed by atoms with Crippen LogP contribution in [-0.4, -0.2) is 42.9 Å². The number of anilines is 1. The first-order valence-electron chi connectivity index (χ1n) is 8.98. The van der Waals surface area contributed by atoms with Crippen molar-refractivity contribution < 1.29 is 9.59 Å². The number of nitrogens with one attached hydrogen (secondary N) is 1. The molecule has 0 saturated carbocycles. The summed E-state index contributed by atoms with van der Waals surface area (Å²) in [5.74, 6) is -0.294. The van der Waals surface area contributed by atoms with Gasteiger partial charge in [-0.15, -0.1) is 11.3 Å². The molecule has 2 heterocycles. The average molecular weight is 372 g/mol. The predicted molar refractivity (Wildman–Crippen MR) is 106 cm³/mol. The van der Waals surface area contributed by atoms with Gasteiger partial charge < -0.3 is 15.1 Å². The Morgan fingerprint density at radius 2 is 1.92 bits per heavy atom. The predicted octanol–water partition coefficient (Wildman–Crippen LogP) is 3.13. The Morgan fingerprint density at radius 1 is 1.19 bits per heavy atom. The number of para-hydroxylation sites is 1. The fraction of sp³-hybridized carbons (Fsp3) is 0.400. The SMILES string of the molecule is CC(NC(=O)c1cccs1)C(=O)N(C)Cc1ccccc1N1CCCC1. The zero-order valence-electron chi connectivity index (χ0n) is 15.3. The summed E-state index contributed by atoms with van der Waals surface area (Å²) >= 11 is 1.37. The molecule has 0 aliphatic carbocycles. The van der Waals surface area contributed by atoms with E-state index in [-0.39, 0.29) is 11.8 Å². The highest BCUT2D eigenvalue weighted by atomic mass is 32.1. The Hall–Kier alpha value is -2.34. The molecule has 1 aliphatic heterocycles. The molecule has 0 spiro atoms. The zero-order valence-corrected chi connectivity index (χ0v) is 16.1. The van der Waals surface area contributed by atoms with Gasteiger partial charge in [0.15, 0.2) is 0 Å². The van der Waals surface area contributed by atoms with Crippen LogP contribution in [0, 0.1) is 0 Å². The lowest BCUT2D eigenvalue weighted by atomic mass is 10.1. The van der Waals surface area contributed by atoms with E-state index in [1.165, 1.54) is 29.9 Å². The molecule has 1 aromatic heterocycles. The second-order valence-electron chi connectivity index (χ2n) is 6.69. The molecule has 26 heavy (non-hydrogen) atoms. The van der Waals surface area contributed by atoms with E-state index in [1.807, 2.05) is 23.6 Å². The zero-order chi connectivity index (χ0) is 18.5. The number of carbonyl (C=O) groups excluding carboxylic acids is 2. The Balaban J connectivity index is 1.63. The van der Waals surface area contributed by atoms with Gasteiger partial charge in [-0.25, -0.2) is 0 Å². The van der Waals surface area contributed by atoms with Crippen molar-refractivity contribution in [3.05, 3.63) is 52.2 Å². The molecule has 0 radical (unpaired) electrons. The van der Waals surface area contributed by atoms with E-state index < -0.39 is 6.04 Å². The molecule has 1 aromatic carbocycles. The van der Waals surface area contributed by atoms with Crippen LogP contribution in [0.3, 0.4) is 0 Å². The van der Waals surface area contributed by atoms with Crippen LogP contribution < -0.4 is 10.2 Å². The molecule has 1 unspecified atom stereocenters. The summed E-state index contributed by atoms with van der Waals surface area (Å²) in [5.41, 5.74) is 2.35. The van der Waals surface area contributed by atoms with Gasteiger partial charge >= 0.3 is 0 Å². The number of benzene rings is 1. The van der Waals surface area contributed by atoms with E-state index in [2.05, 4.69) is 22.3 Å². The highest BCUT2D eigenvalue weighted by Crippen LogP contribution is 2.25. The van der Waals surface area contributed by atoms with Crippen molar-refractivity contribution in [3.63, 3.8) is 0 Å². The third-order valence-corrected chi connectivity index (χ3v) is 5.55. The van der Waals surface area contributed by atoms with Gasteiger partial charge in [0.05, 0.1) is 4.88 Å². The topological polar surface area (TPSA) is 52.7 Å². The minimum absolute atomic E-state index is 0.0915. The Bertz CT molecular complexity index is 754. The van der Waals surface area contributed by atoms with Gasteiger partial charge in [0.1, 0.15) is 6.04 Å². The number of likely N-dealkylation sites (N-methyl/N-ethyl adjacent to an activating group) is 1. The lowest BCUT2D eigenvalue weighted by Gasteiger charge is -2.26. The van der Waals surface area contributed by atoms with Crippen molar-refractivity contribution in [2.75, 3.05) is 25.0 Å². The number of carbonyl (C=O) groups is 2. The molecular formula is C20H25N3O2S. The molecule has 3 rings (SSSR count). The minimum Gasteiger partial charge on any atom is -0.371 e. The molecule has 6 heteroatoms. The normalized spacial score (nSPS) is 14.9. The van der Waals surface area contributed by atoms with Crippen LogP contribution in [0.4, 0.5) is 5.69 Å². The molecule has 5 nitrogen and oxygen atoms in total. The highest BCUT2D eigenvalue weighted by molar-refractivity contribution is 7.12. The van der Waals surface area contributed by atoms with E-state index in [9.17, 15) is 9.59 Å². The summed E-state index contributed by atoms with van der Waals surface area (Å²) in [6.07, 6.45) is 2.43. The fourth-order valence-electron chi connectivity index (χ4n) is 3.31. The molecule has 1 atom stereocenters. The van der Waals surface area contributed by atoms with Gasteiger partial charge in [0, 0.05) is 32.4 Å². The van der Waals surface area contributed by atoms with E-state index in [0.717, 1.165) is 18.7 Å². The number of thiophene rings is 1. The lowest BCUT2D eigenvalue weighted by Crippen LogP contribution is -2.45. The van der Waals surface area contributed by atoms with E-state index in [1.54, 1.807) is 24.9 Å². The number of nitrogens with zero attached hydrogens (tertiary/aromatic N) is 2. The third-order valence-electron chi connectivity index (χ3n) is 4.69. The first kappa shape index (κ1) is 18.5. The maximum Gasteiger partial charge on any atom is 0.261 e. The monoisotopic (exact) mass is 371 g/mol. The van der Waals surface area contributed by atoms with Gasteiger partial charge in [0.2, 0.25) is 5.91 Å². The van der Waals surface area contributed by atoms with E-state index >= 15 is 0 Å². The standard InChI is InChI=1S/C20H25N3O2S/c1-15(21-19(24)18-10-7-13-26-18)20(25)22(2)14-16-8-3-4-9-17(16)23-11-5-6-12-23/h3-4,7-10,13,15H,5-6,11-12,14H2,1-2H3,(H,21,24). The number of amides is 2. The van der Waals surface area contributed by atoms with Crippen LogP contribution in [0.1, 0.15) is 35.0 Å². The molecule has 0 bridgehead atoms. The number of hydrogen-bond donors (Lipinski definition) is 1. The van der Waals surface area contributed by atoms with Crippen LogP contribution >= 0.6 is 11.3 Å². The van der Waals surface area contributed by atoms with Crippen molar-refractivity contribution in [2.24, 2.45) is 0 Å². The highest BCUT2D eigenvalue weighted by Gasteiger charge is 2.22. The van der Waals surface area contributed by atoms with Crippen molar-refractivity contribution in [2.45, 2.75) is 32.4 Å². The Kier molecular flexibility index (Phi) is 5.93. The summed E-state index contributed by atoms with van der Waals surface area (Å²) in [4.78, 5) is 29.5. The molecule has 1 fully saturated rings. The van der Waals surface area contributed by atoms with E-state index in [4.69, 9.17) is 0 Å². The number of hydrogen-bond acceptors (Lipinski definition) is 4. The maximum absolute atomic E-state index is 12.7. The first-order chi connectivity index (χ1) is 12.6. The van der Waals surface area contributed by atoms with Crippen molar-refractivity contribution in [1.82, 2.24) is 10.2 Å². The van der Waals surface area contributed by atoms with Crippen LogP contribution in [0.25, 0.3) is 0 Å².